The fourth-order valence-electron chi connectivity index (χ4n) is 10.5. The minimum atomic E-state index is -2.20. The van der Waals surface area contributed by atoms with Crippen molar-refractivity contribution in [2.24, 2.45) is 23.5 Å². The Labute approximate surface area is 430 Å². The van der Waals surface area contributed by atoms with E-state index in [2.05, 4.69) is 10.6 Å². The fraction of sp³-hybridized carbons (Fsp3) is 0.463. The van der Waals surface area contributed by atoms with Crippen molar-refractivity contribution in [3.8, 4) is 11.5 Å². The van der Waals surface area contributed by atoms with Gasteiger partial charge in [-0.05, 0) is 75.1 Å². The van der Waals surface area contributed by atoms with Gasteiger partial charge >= 0.3 is 17.7 Å². The quantitative estimate of drug-likeness (QED) is 0.156. The van der Waals surface area contributed by atoms with Gasteiger partial charge in [-0.1, -0.05) is 32.1 Å². The number of esters is 1. The second-order valence-corrected chi connectivity index (χ2v) is 20.3. The number of aliphatic hydroxyl groups excluding tert-OH is 2. The van der Waals surface area contributed by atoms with Crippen LogP contribution in [0.5, 0.6) is 11.5 Å². The van der Waals surface area contributed by atoms with Crippen molar-refractivity contribution < 1.29 is 72.5 Å². The molecule has 2 aliphatic carbocycles. The number of pyridine rings is 2. The van der Waals surface area contributed by atoms with Crippen LogP contribution in [-0.2, 0) is 23.8 Å². The number of nitrogens with two attached hydrogens (primary N) is 1. The van der Waals surface area contributed by atoms with Gasteiger partial charge in [0, 0.05) is 70.0 Å². The van der Waals surface area contributed by atoms with Crippen molar-refractivity contribution in [2.45, 2.75) is 116 Å². The number of benzene rings is 1. The predicted molar refractivity (Wildman–Crippen MR) is 268 cm³/mol. The molecular formula is C54H62FN5O15. The van der Waals surface area contributed by atoms with Gasteiger partial charge in [-0.15, -0.1) is 0 Å². The van der Waals surface area contributed by atoms with Crippen LogP contribution < -0.4 is 31.6 Å². The molecule has 4 aliphatic heterocycles. The minimum absolute atomic E-state index is 0.00665. The molecule has 8 N–H and O–H groups in total. The number of allylic oxidation sites excluding steroid dienone is 4. The normalized spacial score (nSPS) is 29.1. The molecule has 1 saturated carbocycles. The number of phenolic OH excluding ortho intramolecular Hbond substituents is 1. The molecule has 9 atom stereocenters. The molecule has 1 aromatic carbocycles. The zero-order chi connectivity index (χ0) is 54.7. The van der Waals surface area contributed by atoms with Crippen molar-refractivity contribution in [3.63, 3.8) is 0 Å². The molecule has 6 aliphatic rings. The van der Waals surface area contributed by atoms with Crippen LogP contribution in [0.25, 0.3) is 5.52 Å². The predicted octanol–water partition coefficient (Wildman–Crippen LogP) is 4.16. The lowest BCUT2D eigenvalue weighted by Crippen LogP contribution is -2.53. The van der Waals surface area contributed by atoms with Crippen LogP contribution in [0.3, 0.4) is 0 Å². The highest BCUT2D eigenvalue weighted by molar-refractivity contribution is 6.32. The summed E-state index contributed by atoms with van der Waals surface area (Å²) in [7, 11) is 1.36. The third kappa shape index (κ3) is 9.96. The highest BCUT2D eigenvalue weighted by Gasteiger charge is 2.53. The summed E-state index contributed by atoms with van der Waals surface area (Å²) in [6, 6.07) is 0.161. The van der Waals surface area contributed by atoms with Gasteiger partial charge in [-0.3, -0.25) is 33.2 Å². The zero-order valence-corrected chi connectivity index (χ0v) is 42.8. The largest absolute Gasteiger partial charge is 0.507 e. The number of aryl methyl sites for hydroxylation is 1. The van der Waals surface area contributed by atoms with E-state index in [9.17, 15) is 49.2 Å². The smallest absolute Gasteiger partial charge is 0.341 e. The topological polar surface area (TPSA) is 295 Å². The Morgan fingerprint density at radius 2 is 1.71 bits per heavy atom. The number of aromatic carboxylic acids is 1. The molecule has 1 saturated heterocycles. The van der Waals surface area contributed by atoms with Crippen LogP contribution in [0.2, 0.25) is 0 Å². The Hall–Kier alpha value is -7.20. The van der Waals surface area contributed by atoms with Crippen LogP contribution in [0.4, 0.5) is 10.1 Å². The molecule has 1 amide bonds. The van der Waals surface area contributed by atoms with Gasteiger partial charge in [-0.2, -0.15) is 0 Å². The Morgan fingerprint density at radius 1 is 1.00 bits per heavy atom. The van der Waals surface area contributed by atoms with Crippen molar-refractivity contribution in [2.75, 3.05) is 31.6 Å². The van der Waals surface area contributed by atoms with E-state index < -0.39 is 128 Å². The summed E-state index contributed by atoms with van der Waals surface area (Å²) in [5, 5.41) is 49.5. The lowest BCUT2D eigenvalue weighted by atomic mass is 9.82. The minimum Gasteiger partial charge on any atom is -0.507 e. The van der Waals surface area contributed by atoms with E-state index in [4.69, 9.17) is 24.7 Å². The lowest BCUT2D eigenvalue weighted by Gasteiger charge is -2.35. The number of aliphatic hydroxyl groups is 2. The Kier molecular flexibility index (Phi) is 15.0. The molecule has 400 valence electrons. The van der Waals surface area contributed by atoms with E-state index in [1.165, 1.54) is 59.1 Å². The average molecular weight is 1040 g/mol. The summed E-state index contributed by atoms with van der Waals surface area (Å²) in [6.07, 6.45) is 5.04. The first-order valence-corrected chi connectivity index (χ1v) is 24.8. The van der Waals surface area contributed by atoms with E-state index >= 15 is 9.18 Å². The number of aromatic hydroxyl groups is 1. The zero-order valence-electron chi connectivity index (χ0n) is 42.8. The first kappa shape index (κ1) is 54.1. The lowest BCUT2D eigenvalue weighted by molar-refractivity contribution is -0.155. The summed E-state index contributed by atoms with van der Waals surface area (Å²) < 4.78 is 40.6. The van der Waals surface area contributed by atoms with Crippen LogP contribution in [-0.4, -0.2) is 123 Å². The van der Waals surface area contributed by atoms with Gasteiger partial charge in [0.2, 0.25) is 11.6 Å². The Morgan fingerprint density at radius 3 is 2.36 bits per heavy atom. The third-order valence-corrected chi connectivity index (χ3v) is 15.1. The van der Waals surface area contributed by atoms with E-state index in [0.717, 1.165) is 29.7 Å². The molecule has 5 bridgehead atoms. The number of carbonyl (C=O) groups excluding carboxylic acids is 5. The SMILES string of the molecule is CO[C@H]1/C=C/O[C@@]2(C)Oc3c(C)c(O)c4c(c3C2=O)C(=O)C(NCC2CCN(c3c(F)cn5c(=O)c(C(=O)O)cc(C6CC6)c5c3C)C2)=C(NC(=O)/C(C)=C\C=C\[C@H](C)[C@H](O)C[C@@H](O)[C@@H](N)[C@H](OC(C)=O)[C@@H]1C)C4=O. The van der Waals surface area contributed by atoms with Crippen molar-refractivity contribution >= 4 is 46.4 Å². The molecule has 1 unspecified atom stereocenters. The number of rotatable bonds is 8. The molecule has 2 aromatic heterocycles. The van der Waals surface area contributed by atoms with E-state index in [1.54, 1.807) is 31.7 Å². The number of hydrogen-bond donors (Lipinski definition) is 7. The summed E-state index contributed by atoms with van der Waals surface area (Å²) in [6.45, 7) is 10.8. The van der Waals surface area contributed by atoms with E-state index in [-0.39, 0.29) is 59.5 Å². The molecule has 2 fully saturated rings. The molecule has 3 aromatic rings. The molecular weight excluding hydrogens is 978 g/mol. The standard InChI is InChI=1S/C54H62FN5O15/c1-23-10-9-11-24(2)51(68)58-42-41(57-20-29-14-16-59(21-29)44-26(4)43-31(30-12-13-30)18-32(53(70)71)52(69)60(43)22-33(44)55)46(65)37-38(47(42)66)45(64)27(5)48-39(37)50(67)54(7,75-48)73-17-15-36(72-8)25(3)49(74-28(6)61)40(56)35(63)19-34(23)62/h9-11,15,17-18,22-23,25,29-30,34-36,40,49,57,62-64H,12-14,16,19-21,56H2,1-8H3,(H,58,68)(H,70,71)/b10-9+,17-15+,24-11-/t23-,25+,29?,34+,35+,36-,40+,49+,54-/m0/s1. The van der Waals surface area contributed by atoms with Crippen LogP contribution in [0.1, 0.15) is 124 Å². The van der Waals surface area contributed by atoms with Gasteiger partial charge in [0.05, 0.1) is 64.7 Å². The number of carbonyl (C=O) groups is 6. The van der Waals surface area contributed by atoms with Gasteiger partial charge in [0.1, 0.15) is 34.6 Å². The number of nitrogens with zero attached hydrogens (tertiary/aromatic N) is 2. The number of anilines is 1. The number of methoxy groups -OCH3 is 1. The van der Waals surface area contributed by atoms with Gasteiger partial charge in [0.25, 0.3) is 17.2 Å². The number of carboxylic acids is 1. The van der Waals surface area contributed by atoms with Crippen molar-refractivity contribution in [1.82, 2.24) is 15.0 Å². The second-order valence-electron chi connectivity index (χ2n) is 20.3. The number of aromatic nitrogens is 1. The Bertz CT molecular complexity index is 3120. The number of ketones is 3. The summed E-state index contributed by atoms with van der Waals surface area (Å²) in [5.41, 5.74) is 4.50. The number of halogens is 1. The number of hydrogen-bond acceptors (Lipinski definition) is 17. The molecule has 21 heteroatoms. The third-order valence-electron chi connectivity index (χ3n) is 15.1. The summed E-state index contributed by atoms with van der Waals surface area (Å²) in [5.74, 6) is -11.4. The molecule has 20 nitrogen and oxygen atoms in total. The van der Waals surface area contributed by atoms with Crippen molar-refractivity contribution in [3.05, 3.63) is 115 Å². The number of nitrogens with one attached hydrogen (secondary N) is 2. The molecule has 0 spiro atoms. The monoisotopic (exact) mass is 1040 g/mol. The fourth-order valence-corrected chi connectivity index (χ4v) is 10.5. The number of fused-ring (bicyclic) bond motifs is 15. The highest BCUT2D eigenvalue weighted by atomic mass is 19.1. The summed E-state index contributed by atoms with van der Waals surface area (Å²) >= 11 is 0. The van der Waals surface area contributed by atoms with Crippen LogP contribution in [0, 0.1) is 37.4 Å². The summed E-state index contributed by atoms with van der Waals surface area (Å²) in [4.78, 5) is 97.9. The van der Waals surface area contributed by atoms with Gasteiger partial charge < -0.3 is 60.6 Å². The second kappa shape index (κ2) is 20.8. The number of amides is 1. The number of ether oxygens (including phenoxy) is 4. The maximum atomic E-state index is 16.2. The first-order chi connectivity index (χ1) is 35.4. The number of Topliss-reactive ketones (excluding diaryl/α,β-unsaturated/α-hetero) is 3. The van der Waals surface area contributed by atoms with Crippen molar-refractivity contribution in [1.29, 1.82) is 0 Å². The van der Waals surface area contributed by atoms with Crippen LogP contribution in [0.15, 0.2) is 64.6 Å². The van der Waals surface area contributed by atoms with Gasteiger partial charge in [0.15, 0.2) is 5.82 Å². The molecule has 6 heterocycles. The van der Waals surface area contributed by atoms with E-state index in [1.807, 2.05) is 0 Å². The van der Waals surface area contributed by atoms with Gasteiger partial charge in [-0.25, -0.2) is 9.18 Å². The molecule has 0 radical (unpaired) electrons. The average Bonchev–Trinajstić information content (AvgIpc) is 4.04. The molecule has 75 heavy (non-hydrogen) atoms. The maximum absolute atomic E-state index is 16.2. The van der Waals surface area contributed by atoms with Crippen LogP contribution >= 0.6 is 0 Å². The first-order valence-electron chi connectivity index (χ1n) is 24.8. The van der Waals surface area contributed by atoms with E-state index in [0.29, 0.717) is 29.6 Å². The Balaban J connectivity index is 1.16. The number of carboxylic acid groups (broad SMARTS) is 1. The number of phenols is 1. The maximum Gasteiger partial charge on any atom is 0.341 e. The molecule has 9 rings (SSSR count). The highest BCUT2D eigenvalue weighted by Crippen LogP contribution is 2.49.